The molecule has 2 heterocycles. The normalized spacial score (nSPS) is 25.0. The van der Waals surface area contributed by atoms with Crippen molar-refractivity contribution in [2.24, 2.45) is 10.9 Å². The average Bonchev–Trinajstić information content (AvgIpc) is 2.84. The first-order chi connectivity index (χ1) is 12.5. The van der Waals surface area contributed by atoms with E-state index in [1.165, 1.54) is 6.07 Å². The third kappa shape index (κ3) is 4.21. The number of hydrogen-bond acceptors (Lipinski definition) is 4. The summed E-state index contributed by atoms with van der Waals surface area (Å²) in [6.45, 7) is 11.7. The first-order valence-corrected chi connectivity index (χ1v) is 10.2. The highest BCUT2D eigenvalue weighted by Crippen LogP contribution is 2.21. The van der Waals surface area contributed by atoms with Gasteiger partial charge in [-0.25, -0.2) is 4.39 Å². The van der Waals surface area contributed by atoms with Crippen LogP contribution in [-0.2, 0) is 0 Å². The fraction of sp³-hybridized carbons (Fsp3) is 0.650. The molecule has 1 unspecified atom stereocenters. The Labute approximate surface area is 160 Å². The largest absolute Gasteiger partial charge is 0.354 e. The van der Waals surface area contributed by atoms with Gasteiger partial charge in [0.1, 0.15) is 12.0 Å². The van der Waals surface area contributed by atoms with Gasteiger partial charge in [0.2, 0.25) is 0 Å². The van der Waals surface area contributed by atoms with E-state index in [0.717, 1.165) is 50.8 Å². The third-order valence-electron chi connectivity index (χ3n) is 5.36. The molecule has 0 radical (unpaired) electrons. The second kappa shape index (κ2) is 8.68. The Bertz CT molecular complexity index is 738. The number of nitrogens with zero attached hydrogens (tertiary/aromatic N) is 3. The van der Waals surface area contributed by atoms with Gasteiger partial charge in [-0.1, -0.05) is 31.9 Å². The van der Waals surface area contributed by atoms with Gasteiger partial charge in [-0.2, -0.15) is 0 Å². The predicted molar refractivity (Wildman–Crippen MR) is 105 cm³/mol. The molecule has 0 amide bonds. The van der Waals surface area contributed by atoms with E-state index in [9.17, 15) is 4.39 Å². The number of nitrogens with one attached hydrogen (secondary N) is 1. The molecule has 1 N–H and O–H groups in total. The summed E-state index contributed by atoms with van der Waals surface area (Å²) >= 11 is 5.97. The molecule has 2 aliphatic heterocycles. The van der Waals surface area contributed by atoms with Crippen LogP contribution in [0.1, 0.15) is 33.6 Å². The van der Waals surface area contributed by atoms with Crippen molar-refractivity contribution in [2.45, 2.75) is 45.8 Å². The molecule has 1 aromatic rings. The Morgan fingerprint density at radius 3 is 2.92 bits per heavy atom. The number of likely N-dealkylation sites (N-methyl/N-ethyl adjacent to an activating group) is 1. The van der Waals surface area contributed by atoms with Crippen LogP contribution in [0.15, 0.2) is 17.1 Å². The number of fused-ring (bicyclic) bond motifs is 1. The van der Waals surface area contributed by atoms with E-state index in [1.54, 1.807) is 6.07 Å². The number of rotatable bonds is 5. The second-order valence-electron chi connectivity index (χ2n) is 7.49. The van der Waals surface area contributed by atoms with E-state index in [1.807, 2.05) is 0 Å². The summed E-state index contributed by atoms with van der Waals surface area (Å²) in [7, 11) is 0. The molecule has 0 spiro atoms. The molecular formula is C20H30ClFN4. The Hall–Kier alpha value is -1.17. The van der Waals surface area contributed by atoms with Gasteiger partial charge in [-0.15, -0.1) is 0 Å². The van der Waals surface area contributed by atoms with Gasteiger partial charge in [0.05, 0.1) is 16.4 Å². The maximum atomic E-state index is 14.0. The summed E-state index contributed by atoms with van der Waals surface area (Å²) < 4.78 is 14.0. The van der Waals surface area contributed by atoms with E-state index >= 15 is 0 Å². The van der Waals surface area contributed by atoms with E-state index in [2.05, 4.69) is 42.1 Å². The van der Waals surface area contributed by atoms with Crippen LogP contribution in [0.4, 0.5) is 4.39 Å². The zero-order valence-corrected chi connectivity index (χ0v) is 16.8. The van der Waals surface area contributed by atoms with Crippen LogP contribution >= 0.6 is 11.6 Å². The lowest BCUT2D eigenvalue weighted by molar-refractivity contribution is 0.103. The van der Waals surface area contributed by atoms with Crippen LogP contribution in [0.5, 0.6) is 0 Å². The Kier molecular flexibility index (Phi) is 6.54. The first kappa shape index (κ1) is 19.6. The van der Waals surface area contributed by atoms with E-state index in [-0.39, 0.29) is 11.2 Å². The summed E-state index contributed by atoms with van der Waals surface area (Å²) in [6, 6.07) is 3.48. The van der Waals surface area contributed by atoms with Crippen molar-refractivity contribution in [3.8, 4) is 0 Å². The minimum atomic E-state index is -0.397. The molecule has 1 aromatic carbocycles. The van der Waals surface area contributed by atoms with Crippen molar-refractivity contribution in [3.63, 3.8) is 0 Å². The lowest BCUT2D eigenvalue weighted by Crippen LogP contribution is -2.54. The maximum Gasteiger partial charge on any atom is 0.143 e. The lowest BCUT2D eigenvalue weighted by Gasteiger charge is -2.41. The fourth-order valence-corrected chi connectivity index (χ4v) is 4.24. The van der Waals surface area contributed by atoms with Crippen LogP contribution < -0.4 is 15.9 Å². The molecule has 6 heteroatoms. The van der Waals surface area contributed by atoms with E-state index in [0.29, 0.717) is 17.3 Å². The summed E-state index contributed by atoms with van der Waals surface area (Å²) in [5.41, 5.74) is 0. The SMILES string of the molecule is CCC[C@@H](C1N=c2cc(F)c(Cl)cc2=CN1CC)N1CCNC[C@H](C)C1. The summed E-state index contributed by atoms with van der Waals surface area (Å²) in [5, 5.41) is 5.29. The van der Waals surface area contributed by atoms with Gasteiger partial charge in [0.25, 0.3) is 0 Å². The maximum absolute atomic E-state index is 14.0. The monoisotopic (exact) mass is 380 g/mol. The molecule has 1 fully saturated rings. The van der Waals surface area contributed by atoms with E-state index < -0.39 is 5.82 Å². The molecule has 144 valence electrons. The van der Waals surface area contributed by atoms with Gasteiger partial charge in [-0.05, 0) is 31.9 Å². The summed E-state index contributed by atoms with van der Waals surface area (Å²) in [6.07, 6.45) is 4.30. The quantitative estimate of drug-likeness (QED) is 0.849. The lowest BCUT2D eigenvalue weighted by atomic mass is 10.0. The summed E-state index contributed by atoms with van der Waals surface area (Å²) in [5.74, 6) is 0.217. The van der Waals surface area contributed by atoms with Crippen molar-refractivity contribution >= 4 is 17.8 Å². The van der Waals surface area contributed by atoms with Crippen molar-refractivity contribution in [2.75, 3.05) is 32.7 Å². The minimum Gasteiger partial charge on any atom is -0.354 e. The molecule has 0 bridgehead atoms. The molecule has 3 atom stereocenters. The zero-order chi connectivity index (χ0) is 18.7. The first-order valence-electron chi connectivity index (χ1n) is 9.78. The molecule has 0 aromatic heterocycles. The number of halogens is 2. The molecule has 1 saturated heterocycles. The van der Waals surface area contributed by atoms with Crippen LogP contribution in [0.25, 0.3) is 6.20 Å². The minimum absolute atomic E-state index is 0.0123. The Morgan fingerprint density at radius 2 is 2.19 bits per heavy atom. The topological polar surface area (TPSA) is 30.9 Å². The predicted octanol–water partition coefficient (Wildman–Crippen LogP) is 2.21. The molecule has 4 nitrogen and oxygen atoms in total. The van der Waals surface area contributed by atoms with Crippen molar-refractivity contribution < 1.29 is 4.39 Å². The van der Waals surface area contributed by atoms with Gasteiger partial charge < -0.3 is 10.2 Å². The highest BCUT2D eigenvalue weighted by Gasteiger charge is 2.32. The highest BCUT2D eigenvalue weighted by molar-refractivity contribution is 6.30. The number of benzene rings is 1. The van der Waals surface area contributed by atoms with Crippen LogP contribution in [0.2, 0.25) is 5.02 Å². The third-order valence-corrected chi connectivity index (χ3v) is 5.65. The van der Waals surface area contributed by atoms with Gasteiger partial charge >= 0.3 is 0 Å². The van der Waals surface area contributed by atoms with Crippen LogP contribution in [-0.4, -0.2) is 54.7 Å². The molecule has 0 aliphatic carbocycles. The standard InChI is InChI=1S/C20H30ClFN4/c1-4-6-19(26-8-7-23-11-14(3)12-26)20-24-18-10-17(22)16(21)9-15(18)13-25(20)5-2/h9-10,13-14,19-20,23H,4-8,11-12H2,1-3H3/t14-,19-,20?/m0/s1. The second-order valence-corrected chi connectivity index (χ2v) is 7.89. The van der Waals surface area contributed by atoms with Gasteiger partial charge in [0.15, 0.2) is 0 Å². The smallest absolute Gasteiger partial charge is 0.143 e. The van der Waals surface area contributed by atoms with Crippen molar-refractivity contribution in [1.82, 2.24) is 15.1 Å². The van der Waals surface area contributed by atoms with E-state index in [4.69, 9.17) is 16.6 Å². The van der Waals surface area contributed by atoms with Crippen LogP contribution in [0.3, 0.4) is 0 Å². The molecule has 2 aliphatic rings. The van der Waals surface area contributed by atoms with Crippen molar-refractivity contribution in [1.29, 1.82) is 0 Å². The Balaban J connectivity index is 1.99. The molecular weight excluding hydrogens is 351 g/mol. The molecule has 26 heavy (non-hydrogen) atoms. The highest BCUT2D eigenvalue weighted by atomic mass is 35.5. The summed E-state index contributed by atoms with van der Waals surface area (Å²) in [4.78, 5) is 9.84. The van der Waals surface area contributed by atoms with Crippen LogP contribution in [0, 0.1) is 11.7 Å². The van der Waals surface area contributed by atoms with Gasteiger partial charge in [-0.3, -0.25) is 9.89 Å². The van der Waals surface area contributed by atoms with Gasteiger partial charge in [0, 0.05) is 43.7 Å². The molecule has 3 rings (SSSR count). The number of hydrogen-bond donors (Lipinski definition) is 1. The molecule has 0 saturated carbocycles. The average molecular weight is 381 g/mol. The van der Waals surface area contributed by atoms with Crippen molar-refractivity contribution in [3.05, 3.63) is 33.5 Å². The fourth-order valence-electron chi connectivity index (χ4n) is 4.07. The zero-order valence-electron chi connectivity index (χ0n) is 16.0. The Morgan fingerprint density at radius 1 is 1.38 bits per heavy atom.